The van der Waals surface area contributed by atoms with Crippen molar-refractivity contribution in [1.29, 1.82) is 0 Å². The molecule has 4 rings (SSSR count). The van der Waals surface area contributed by atoms with Crippen molar-refractivity contribution in [2.24, 2.45) is 0 Å². The number of carbonyl (C=O) groups excluding carboxylic acids is 1. The molecule has 0 aliphatic carbocycles. The van der Waals surface area contributed by atoms with Gasteiger partial charge in [0, 0.05) is 22.7 Å². The Hall–Kier alpha value is -2.87. The number of anilines is 1. The highest BCUT2D eigenvalue weighted by molar-refractivity contribution is 9.10. The quantitative estimate of drug-likeness (QED) is 0.720. The monoisotopic (exact) mass is 447 g/mol. The van der Waals surface area contributed by atoms with Gasteiger partial charge in [-0.25, -0.2) is 0 Å². The second-order valence-electron chi connectivity index (χ2n) is 6.05. The minimum atomic E-state index is -0.286. The maximum absolute atomic E-state index is 12.4. The van der Waals surface area contributed by atoms with E-state index in [4.69, 9.17) is 23.7 Å². The second-order valence-corrected chi connectivity index (χ2v) is 6.90. The van der Waals surface area contributed by atoms with Crippen molar-refractivity contribution in [1.82, 2.24) is 0 Å². The molecule has 0 fully saturated rings. The van der Waals surface area contributed by atoms with E-state index in [0.717, 1.165) is 5.56 Å². The lowest BCUT2D eigenvalue weighted by atomic mass is 10.1. The van der Waals surface area contributed by atoms with E-state index < -0.39 is 0 Å². The Bertz CT molecular complexity index is 926. The Kier molecular flexibility index (Phi) is 5.29. The fourth-order valence-electron chi connectivity index (χ4n) is 2.90. The van der Waals surface area contributed by atoms with E-state index in [9.17, 15) is 4.79 Å². The Morgan fingerprint density at radius 3 is 2.43 bits per heavy atom. The fourth-order valence-corrected chi connectivity index (χ4v) is 3.32. The topological polar surface area (TPSA) is 75.3 Å². The SMILES string of the molecule is COc1cc(/C=C/C(=O)Nc2cc3c(cc2Br)OCCO3)cc2c1OCCO2. The van der Waals surface area contributed by atoms with Gasteiger partial charge in [0.2, 0.25) is 11.7 Å². The van der Waals surface area contributed by atoms with Gasteiger partial charge in [0.05, 0.1) is 12.8 Å². The average molecular weight is 448 g/mol. The van der Waals surface area contributed by atoms with E-state index in [2.05, 4.69) is 21.2 Å². The molecule has 0 radical (unpaired) electrons. The van der Waals surface area contributed by atoms with Crippen LogP contribution in [0.15, 0.2) is 34.8 Å². The molecule has 0 bridgehead atoms. The molecule has 0 saturated carbocycles. The zero-order valence-corrected chi connectivity index (χ0v) is 16.7. The van der Waals surface area contributed by atoms with Crippen LogP contribution in [0, 0.1) is 0 Å². The number of rotatable bonds is 4. The first-order valence-electron chi connectivity index (χ1n) is 8.70. The largest absolute Gasteiger partial charge is 0.493 e. The molecule has 2 aromatic carbocycles. The van der Waals surface area contributed by atoms with Gasteiger partial charge in [0.1, 0.15) is 26.4 Å². The molecule has 8 heteroatoms. The van der Waals surface area contributed by atoms with Crippen molar-refractivity contribution in [3.8, 4) is 28.7 Å². The van der Waals surface area contributed by atoms with E-state index in [0.29, 0.717) is 65.3 Å². The lowest BCUT2D eigenvalue weighted by molar-refractivity contribution is -0.111. The van der Waals surface area contributed by atoms with Crippen LogP contribution in [0.1, 0.15) is 5.56 Å². The summed E-state index contributed by atoms with van der Waals surface area (Å²) in [6.07, 6.45) is 3.12. The number of hydrogen-bond donors (Lipinski definition) is 1. The summed E-state index contributed by atoms with van der Waals surface area (Å²) in [6, 6.07) is 7.11. The third-order valence-corrected chi connectivity index (χ3v) is 4.82. The lowest BCUT2D eigenvalue weighted by Crippen LogP contribution is -2.16. The van der Waals surface area contributed by atoms with Gasteiger partial charge < -0.3 is 29.0 Å². The molecule has 2 heterocycles. The molecular weight excluding hydrogens is 430 g/mol. The van der Waals surface area contributed by atoms with Gasteiger partial charge in [-0.2, -0.15) is 0 Å². The van der Waals surface area contributed by atoms with Crippen molar-refractivity contribution in [2.45, 2.75) is 0 Å². The predicted octanol–water partition coefficient (Wildman–Crippen LogP) is 3.65. The van der Waals surface area contributed by atoms with Gasteiger partial charge in [-0.1, -0.05) is 0 Å². The van der Waals surface area contributed by atoms with Crippen molar-refractivity contribution in [3.63, 3.8) is 0 Å². The molecule has 2 aliphatic heterocycles. The van der Waals surface area contributed by atoms with Crippen LogP contribution in [0.4, 0.5) is 5.69 Å². The Labute approximate surface area is 170 Å². The summed E-state index contributed by atoms with van der Waals surface area (Å²) < 4.78 is 28.3. The summed E-state index contributed by atoms with van der Waals surface area (Å²) in [5, 5.41) is 2.83. The average Bonchev–Trinajstić information content (AvgIpc) is 2.72. The van der Waals surface area contributed by atoms with Gasteiger partial charge in [-0.3, -0.25) is 4.79 Å². The van der Waals surface area contributed by atoms with Gasteiger partial charge in [-0.05, 0) is 39.7 Å². The summed E-state index contributed by atoms with van der Waals surface area (Å²) in [6.45, 7) is 1.94. The molecule has 2 aliphatic rings. The van der Waals surface area contributed by atoms with Crippen LogP contribution in [-0.2, 0) is 4.79 Å². The maximum Gasteiger partial charge on any atom is 0.248 e. The van der Waals surface area contributed by atoms with Gasteiger partial charge >= 0.3 is 0 Å². The predicted molar refractivity (Wildman–Crippen MR) is 107 cm³/mol. The first kappa shape index (κ1) is 18.5. The number of amides is 1. The van der Waals surface area contributed by atoms with Crippen LogP contribution < -0.4 is 29.0 Å². The highest BCUT2D eigenvalue weighted by atomic mass is 79.9. The number of halogens is 1. The van der Waals surface area contributed by atoms with E-state index >= 15 is 0 Å². The van der Waals surface area contributed by atoms with Crippen molar-refractivity contribution in [2.75, 3.05) is 38.9 Å². The summed E-state index contributed by atoms with van der Waals surface area (Å²) in [5.74, 6) is 2.70. The lowest BCUT2D eigenvalue weighted by Gasteiger charge is -2.21. The molecule has 28 heavy (non-hydrogen) atoms. The van der Waals surface area contributed by atoms with Crippen LogP contribution in [0.3, 0.4) is 0 Å². The smallest absolute Gasteiger partial charge is 0.248 e. The molecule has 2 aromatic rings. The number of carbonyl (C=O) groups is 1. The van der Waals surface area contributed by atoms with Gasteiger partial charge in [0.15, 0.2) is 23.0 Å². The molecule has 1 N–H and O–H groups in total. The number of ether oxygens (including phenoxy) is 5. The van der Waals surface area contributed by atoms with E-state index in [-0.39, 0.29) is 5.91 Å². The minimum absolute atomic E-state index is 0.286. The number of methoxy groups -OCH3 is 1. The second kappa shape index (κ2) is 8.02. The summed E-state index contributed by atoms with van der Waals surface area (Å²) in [4.78, 5) is 12.4. The molecule has 7 nitrogen and oxygen atoms in total. The number of nitrogens with one attached hydrogen (secondary N) is 1. The van der Waals surface area contributed by atoms with Crippen molar-refractivity contribution < 1.29 is 28.5 Å². The molecule has 0 spiro atoms. The number of fused-ring (bicyclic) bond motifs is 2. The molecule has 146 valence electrons. The van der Waals surface area contributed by atoms with E-state index in [1.54, 1.807) is 37.5 Å². The third kappa shape index (κ3) is 3.87. The standard InChI is InChI=1S/C20H18BrNO6/c1-24-17-8-12(9-18-20(17)28-7-6-27-18)2-3-19(23)22-14-11-16-15(10-13(14)21)25-4-5-26-16/h2-3,8-11H,4-7H2,1H3,(H,22,23)/b3-2+. The molecule has 0 aromatic heterocycles. The van der Waals surface area contributed by atoms with Gasteiger partial charge in [-0.15, -0.1) is 0 Å². The van der Waals surface area contributed by atoms with Crippen molar-refractivity contribution >= 4 is 33.6 Å². The number of benzene rings is 2. The summed E-state index contributed by atoms with van der Waals surface area (Å²) >= 11 is 3.44. The highest BCUT2D eigenvalue weighted by Crippen LogP contribution is 2.41. The Morgan fingerprint density at radius 2 is 1.68 bits per heavy atom. The fraction of sp³-hybridized carbons (Fsp3) is 0.250. The number of hydrogen-bond acceptors (Lipinski definition) is 6. The van der Waals surface area contributed by atoms with Crippen molar-refractivity contribution in [3.05, 3.63) is 40.4 Å². The van der Waals surface area contributed by atoms with E-state index in [1.165, 1.54) is 6.08 Å². The van der Waals surface area contributed by atoms with Crippen LogP contribution >= 0.6 is 15.9 Å². The summed E-state index contributed by atoms with van der Waals surface area (Å²) in [7, 11) is 1.56. The molecule has 0 unspecified atom stereocenters. The zero-order valence-electron chi connectivity index (χ0n) is 15.1. The Balaban J connectivity index is 1.50. The minimum Gasteiger partial charge on any atom is -0.493 e. The first-order valence-corrected chi connectivity index (χ1v) is 9.49. The maximum atomic E-state index is 12.4. The highest BCUT2D eigenvalue weighted by Gasteiger charge is 2.18. The van der Waals surface area contributed by atoms with Crippen LogP contribution in [0.2, 0.25) is 0 Å². The van der Waals surface area contributed by atoms with Gasteiger partial charge in [0.25, 0.3) is 0 Å². The normalized spacial score (nSPS) is 14.6. The molecular formula is C20H18BrNO6. The first-order chi connectivity index (χ1) is 13.6. The van der Waals surface area contributed by atoms with Crippen LogP contribution in [-0.4, -0.2) is 39.4 Å². The molecule has 0 atom stereocenters. The summed E-state index contributed by atoms with van der Waals surface area (Å²) in [5.41, 5.74) is 1.36. The van der Waals surface area contributed by atoms with E-state index in [1.807, 2.05) is 0 Å². The molecule has 0 saturated heterocycles. The molecule has 1 amide bonds. The Morgan fingerprint density at radius 1 is 1.00 bits per heavy atom. The van der Waals surface area contributed by atoms with Crippen LogP contribution in [0.25, 0.3) is 6.08 Å². The van der Waals surface area contributed by atoms with Crippen LogP contribution in [0.5, 0.6) is 28.7 Å². The third-order valence-electron chi connectivity index (χ3n) is 4.17. The zero-order chi connectivity index (χ0) is 19.5.